The standard InChI is InChI=1S/C17H15FN4O5S/c1-8(28(25,26)27)4-9-2-3-10(16(19)24)14(18)13(9)15(23)11-6-21-17-12(11)5-20-7-22-17/h2-3,5-8H,4H2,1H3,(H2,19,24)(H,20,21,22)(H,25,26,27). The second kappa shape index (κ2) is 7.09. The van der Waals surface area contributed by atoms with E-state index in [0.29, 0.717) is 11.0 Å². The van der Waals surface area contributed by atoms with Crippen LogP contribution in [0.15, 0.2) is 30.9 Å². The summed E-state index contributed by atoms with van der Waals surface area (Å²) in [4.78, 5) is 35.1. The van der Waals surface area contributed by atoms with Gasteiger partial charge in [0.25, 0.3) is 16.0 Å². The van der Waals surface area contributed by atoms with Crippen molar-refractivity contribution in [2.45, 2.75) is 18.6 Å². The first kappa shape index (κ1) is 19.6. The van der Waals surface area contributed by atoms with E-state index < -0.39 is 44.0 Å². The van der Waals surface area contributed by atoms with Crippen molar-refractivity contribution in [3.8, 4) is 0 Å². The number of aromatic nitrogens is 3. The molecule has 9 nitrogen and oxygen atoms in total. The van der Waals surface area contributed by atoms with E-state index in [9.17, 15) is 27.0 Å². The Morgan fingerprint density at radius 2 is 2.04 bits per heavy atom. The topological polar surface area (TPSA) is 156 Å². The predicted octanol–water partition coefficient (Wildman–Crippen LogP) is 1.25. The SMILES string of the molecule is CC(Cc1ccc(C(N)=O)c(F)c1C(=O)c1c[nH]c2ncncc12)S(=O)(=O)O. The highest BCUT2D eigenvalue weighted by Gasteiger charge is 2.28. The van der Waals surface area contributed by atoms with Crippen molar-refractivity contribution in [3.63, 3.8) is 0 Å². The molecule has 146 valence electrons. The molecule has 0 aliphatic heterocycles. The third-order valence-corrected chi connectivity index (χ3v) is 5.52. The van der Waals surface area contributed by atoms with E-state index in [4.69, 9.17) is 5.73 Å². The molecule has 2 aromatic heterocycles. The molecule has 3 aromatic rings. The highest BCUT2D eigenvalue weighted by molar-refractivity contribution is 7.86. The second-order valence-corrected chi connectivity index (χ2v) is 8.01. The smallest absolute Gasteiger partial charge is 0.267 e. The summed E-state index contributed by atoms with van der Waals surface area (Å²) in [6.07, 6.45) is 3.59. The number of nitrogens with one attached hydrogen (secondary N) is 1. The van der Waals surface area contributed by atoms with Crippen molar-refractivity contribution in [3.05, 3.63) is 58.9 Å². The number of halogens is 1. The lowest BCUT2D eigenvalue weighted by Gasteiger charge is -2.14. The number of nitrogens with zero attached hydrogens (tertiary/aromatic N) is 2. The van der Waals surface area contributed by atoms with Crippen LogP contribution in [0.1, 0.15) is 38.8 Å². The maximum atomic E-state index is 15.0. The molecule has 1 aromatic carbocycles. The number of fused-ring (bicyclic) bond motifs is 1. The molecule has 1 unspecified atom stereocenters. The number of rotatable bonds is 6. The molecule has 0 radical (unpaired) electrons. The summed E-state index contributed by atoms with van der Waals surface area (Å²) >= 11 is 0. The Hall–Kier alpha value is -3.18. The lowest BCUT2D eigenvalue weighted by Crippen LogP contribution is -2.23. The van der Waals surface area contributed by atoms with Crippen molar-refractivity contribution >= 4 is 32.8 Å². The van der Waals surface area contributed by atoms with Gasteiger partial charge in [-0.25, -0.2) is 14.4 Å². The first-order valence-corrected chi connectivity index (χ1v) is 9.50. The normalized spacial score (nSPS) is 12.8. The Balaban J connectivity index is 2.20. The zero-order chi connectivity index (χ0) is 20.6. The first-order valence-electron chi connectivity index (χ1n) is 8.00. The summed E-state index contributed by atoms with van der Waals surface area (Å²) in [7, 11) is -4.42. The molecule has 0 aliphatic carbocycles. The lowest BCUT2D eigenvalue weighted by atomic mass is 9.93. The number of nitrogens with two attached hydrogens (primary N) is 1. The van der Waals surface area contributed by atoms with Crippen LogP contribution in [0.2, 0.25) is 0 Å². The maximum absolute atomic E-state index is 15.0. The first-order chi connectivity index (χ1) is 13.1. The van der Waals surface area contributed by atoms with Gasteiger partial charge in [-0.2, -0.15) is 8.42 Å². The summed E-state index contributed by atoms with van der Waals surface area (Å²) in [5, 5.41) is -0.977. The van der Waals surface area contributed by atoms with Gasteiger partial charge in [0.15, 0.2) is 5.78 Å². The van der Waals surface area contributed by atoms with Gasteiger partial charge in [0, 0.05) is 17.8 Å². The number of hydrogen-bond acceptors (Lipinski definition) is 6. The number of H-pyrrole nitrogens is 1. The Labute approximate surface area is 158 Å². The van der Waals surface area contributed by atoms with Gasteiger partial charge >= 0.3 is 0 Å². The number of carbonyl (C=O) groups is 2. The molecule has 0 saturated carbocycles. The van der Waals surface area contributed by atoms with Crippen molar-refractivity contribution in [1.82, 2.24) is 15.0 Å². The van der Waals surface area contributed by atoms with E-state index in [-0.39, 0.29) is 17.5 Å². The second-order valence-electron chi connectivity index (χ2n) is 6.17. The van der Waals surface area contributed by atoms with Gasteiger partial charge in [0.2, 0.25) is 0 Å². The fraction of sp³-hybridized carbons (Fsp3) is 0.176. The van der Waals surface area contributed by atoms with Crippen LogP contribution < -0.4 is 5.73 Å². The van der Waals surface area contributed by atoms with E-state index in [2.05, 4.69) is 15.0 Å². The predicted molar refractivity (Wildman–Crippen MR) is 97.0 cm³/mol. The zero-order valence-corrected chi connectivity index (χ0v) is 15.3. The summed E-state index contributed by atoms with van der Waals surface area (Å²) in [6.45, 7) is 1.21. The number of aromatic amines is 1. The molecule has 0 saturated heterocycles. The molecule has 0 spiro atoms. The van der Waals surface area contributed by atoms with Gasteiger partial charge in [-0.05, 0) is 25.0 Å². The molecule has 3 rings (SSSR count). The van der Waals surface area contributed by atoms with E-state index in [1.165, 1.54) is 31.7 Å². The van der Waals surface area contributed by atoms with Crippen molar-refractivity contribution in [1.29, 1.82) is 0 Å². The van der Waals surface area contributed by atoms with Crippen LogP contribution in [0.3, 0.4) is 0 Å². The number of primary amides is 1. The number of ketones is 1. The van der Waals surface area contributed by atoms with Crippen LogP contribution in [0.25, 0.3) is 11.0 Å². The Morgan fingerprint density at radius 3 is 2.68 bits per heavy atom. The minimum Gasteiger partial charge on any atom is -0.366 e. The van der Waals surface area contributed by atoms with Crippen LogP contribution >= 0.6 is 0 Å². The molecule has 4 N–H and O–H groups in total. The molecule has 0 aliphatic rings. The molecular formula is C17H15FN4O5S. The third kappa shape index (κ3) is 3.49. The number of hydrogen-bond donors (Lipinski definition) is 3. The minimum atomic E-state index is -4.42. The fourth-order valence-corrected chi connectivity index (χ4v) is 3.21. The quantitative estimate of drug-likeness (QED) is 0.411. The summed E-state index contributed by atoms with van der Waals surface area (Å²) in [5.74, 6) is -3.05. The van der Waals surface area contributed by atoms with Crippen LogP contribution in [0.4, 0.5) is 4.39 Å². The van der Waals surface area contributed by atoms with Crippen molar-refractivity contribution < 1.29 is 27.0 Å². The monoisotopic (exact) mass is 406 g/mol. The van der Waals surface area contributed by atoms with E-state index in [0.717, 1.165) is 6.07 Å². The summed E-state index contributed by atoms with van der Waals surface area (Å²) in [6, 6.07) is 2.31. The molecule has 11 heteroatoms. The lowest BCUT2D eigenvalue weighted by molar-refractivity contribution is 0.0996. The highest BCUT2D eigenvalue weighted by atomic mass is 32.2. The van der Waals surface area contributed by atoms with Crippen LogP contribution in [-0.4, -0.2) is 44.9 Å². The summed E-state index contributed by atoms with van der Waals surface area (Å²) < 4.78 is 46.9. The molecule has 1 amide bonds. The van der Waals surface area contributed by atoms with Gasteiger partial charge in [-0.1, -0.05) is 6.07 Å². The average molecular weight is 406 g/mol. The molecule has 0 fully saturated rings. The van der Waals surface area contributed by atoms with Gasteiger partial charge < -0.3 is 10.7 Å². The van der Waals surface area contributed by atoms with Crippen LogP contribution in [-0.2, 0) is 16.5 Å². The molecule has 2 heterocycles. The molecule has 0 bridgehead atoms. The largest absolute Gasteiger partial charge is 0.366 e. The van der Waals surface area contributed by atoms with E-state index in [1.54, 1.807) is 0 Å². The van der Waals surface area contributed by atoms with E-state index >= 15 is 0 Å². The highest BCUT2D eigenvalue weighted by Crippen LogP contribution is 2.26. The average Bonchev–Trinajstić information content (AvgIpc) is 3.04. The maximum Gasteiger partial charge on any atom is 0.267 e. The number of benzene rings is 1. The zero-order valence-electron chi connectivity index (χ0n) is 14.5. The molecule has 28 heavy (non-hydrogen) atoms. The fourth-order valence-electron chi connectivity index (χ4n) is 2.82. The molecular weight excluding hydrogens is 391 g/mol. The third-order valence-electron chi connectivity index (χ3n) is 4.34. The number of amides is 1. The van der Waals surface area contributed by atoms with Crippen LogP contribution in [0.5, 0.6) is 0 Å². The van der Waals surface area contributed by atoms with Gasteiger partial charge in [-0.15, -0.1) is 0 Å². The summed E-state index contributed by atoms with van der Waals surface area (Å²) in [5.41, 5.74) is 4.53. The molecule has 1 atom stereocenters. The van der Waals surface area contributed by atoms with Gasteiger partial charge in [-0.3, -0.25) is 14.1 Å². The Bertz CT molecular complexity index is 1210. The Kier molecular flexibility index (Phi) is 4.96. The van der Waals surface area contributed by atoms with Crippen molar-refractivity contribution in [2.24, 2.45) is 5.73 Å². The Morgan fingerprint density at radius 1 is 1.32 bits per heavy atom. The minimum absolute atomic E-state index is 0.00354. The van der Waals surface area contributed by atoms with Crippen LogP contribution in [0, 0.1) is 5.82 Å². The van der Waals surface area contributed by atoms with Gasteiger partial charge in [0.1, 0.15) is 17.8 Å². The van der Waals surface area contributed by atoms with E-state index in [1.807, 2.05) is 0 Å². The van der Waals surface area contributed by atoms with Crippen molar-refractivity contribution in [2.75, 3.05) is 0 Å². The number of carbonyl (C=O) groups excluding carboxylic acids is 2. The van der Waals surface area contributed by atoms with Gasteiger partial charge in [0.05, 0.1) is 21.9 Å².